The summed E-state index contributed by atoms with van der Waals surface area (Å²) in [4.78, 5) is 5.46. The molecule has 2 aliphatic rings. The van der Waals surface area contributed by atoms with E-state index in [-0.39, 0.29) is 0 Å². The van der Waals surface area contributed by atoms with Crippen LogP contribution in [0.4, 0.5) is 0 Å². The summed E-state index contributed by atoms with van der Waals surface area (Å²) in [6.07, 6.45) is 0.642. The molecule has 2 heterocycles. The highest BCUT2D eigenvalue weighted by Gasteiger charge is 2.43. The second-order valence-electron chi connectivity index (χ2n) is 4.18. The highest BCUT2D eigenvalue weighted by Crippen LogP contribution is 2.35. The Hall–Kier alpha value is -1.13. The molecule has 0 radical (unpaired) electrons. The molecule has 88 valence electrons. The standard InChI is InChI=1S/C11H9Cl2N3O/c12-7-2-1-3-8(13)10(7)9-4-11(17-16-9)5-14-15-6-11/h1-3H,4-6H2. The van der Waals surface area contributed by atoms with Gasteiger partial charge in [-0.15, -0.1) is 0 Å². The van der Waals surface area contributed by atoms with Crippen LogP contribution < -0.4 is 0 Å². The van der Waals surface area contributed by atoms with E-state index in [0.29, 0.717) is 29.6 Å². The first kappa shape index (κ1) is 11.0. The minimum Gasteiger partial charge on any atom is -0.384 e. The van der Waals surface area contributed by atoms with Crippen molar-refractivity contribution in [3.63, 3.8) is 0 Å². The van der Waals surface area contributed by atoms with E-state index in [0.717, 1.165) is 11.3 Å². The van der Waals surface area contributed by atoms with Crippen molar-refractivity contribution in [2.45, 2.75) is 12.0 Å². The van der Waals surface area contributed by atoms with Crippen molar-refractivity contribution < 1.29 is 4.84 Å². The zero-order chi connectivity index (χ0) is 11.9. The first-order chi connectivity index (χ1) is 8.20. The fraction of sp³-hybridized carbons (Fsp3) is 0.364. The van der Waals surface area contributed by atoms with Gasteiger partial charge < -0.3 is 4.84 Å². The van der Waals surface area contributed by atoms with Crippen molar-refractivity contribution in [2.75, 3.05) is 13.1 Å². The van der Waals surface area contributed by atoms with Gasteiger partial charge in [-0.3, -0.25) is 0 Å². The smallest absolute Gasteiger partial charge is 0.185 e. The molecule has 0 atom stereocenters. The molecule has 0 saturated heterocycles. The lowest BCUT2D eigenvalue weighted by atomic mass is 9.95. The van der Waals surface area contributed by atoms with E-state index in [1.165, 1.54) is 0 Å². The predicted molar refractivity (Wildman–Crippen MR) is 66.0 cm³/mol. The van der Waals surface area contributed by atoms with E-state index in [1.807, 2.05) is 0 Å². The van der Waals surface area contributed by atoms with Crippen molar-refractivity contribution in [3.05, 3.63) is 33.8 Å². The number of oxime groups is 1. The van der Waals surface area contributed by atoms with E-state index >= 15 is 0 Å². The molecule has 6 heteroatoms. The van der Waals surface area contributed by atoms with Gasteiger partial charge in [0, 0.05) is 12.0 Å². The minimum absolute atomic E-state index is 0.405. The molecule has 1 spiro atoms. The van der Waals surface area contributed by atoms with Crippen LogP contribution in [0.2, 0.25) is 10.0 Å². The first-order valence-electron chi connectivity index (χ1n) is 5.23. The monoisotopic (exact) mass is 269 g/mol. The summed E-state index contributed by atoms with van der Waals surface area (Å²) in [5.41, 5.74) is 1.12. The van der Waals surface area contributed by atoms with E-state index in [4.69, 9.17) is 28.0 Å². The van der Waals surface area contributed by atoms with Crippen molar-refractivity contribution in [1.82, 2.24) is 0 Å². The minimum atomic E-state index is -0.405. The third-order valence-corrected chi connectivity index (χ3v) is 3.54. The molecular formula is C11H9Cl2N3O. The normalized spacial score (nSPS) is 20.7. The van der Waals surface area contributed by atoms with Gasteiger partial charge in [-0.05, 0) is 12.1 Å². The van der Waals surface area contributed by atoms with E-state index < -0.39 is 5.60 Å². The van der Waals surface area contributed by atoms with Crippen molar-refractivity contribution in [1.29, 1.82) is 0 Å². The summed E-state index contributed by atoms with van der Waals surface area (Å²) in [5.74, 6) is 0. The van der Waals surface area contributed by atoms with Crippen molar-refractivity contribution >= 4 is 28.9 Å². The van der Waals surface area contributed by atoms with E-state index in [9.17, 15) is 0 Å². The Morgan fingerprint density at radius 2 is 1.76 bits per heavy atom. The van der Waals surface area contributed by atoms with Gasteiger partial charge in [0.1, 0.15) is 13.1 Å². The third kappa shape index (κ3) is 1.81. The summed E-state index contributed by atoms with van der Waals surface area (Å²) >= 11 is 12.3. The van der Waals surface area contributed by atoms with Crippen LogP contribution in [0.5, 0.6) is 0 Å². The number of halogens is 2. The summed E-state index contributed by atoms with van der Waals surface area (Å²) < 4.78 is 0. The van der Waals surface area contributed by atoms with Gasteiger partial charge in [-0.25, -0.2) is 0 Å². The summed E-state index contributed by atoms with van der Waals surface area (Å²) in [7, 11) is 0. The van der Waals surface area contributed by atoms with Crippen LogP contribution in [0, 0.1) is 0 Å². The average molecular weight is 270 g/mol. The number of rotatable bonds is 1. The highest BCUT2D eigenvalue weighted by molar-refractivity contribution is 6.40. The van der Waals surface area contributed by atoms with Crippen molar-refractivity contribution in [2.24, 2.45) is 15.4 Å². The first-order valence-corrected chi connectivity index (χ1v) is 5.98. The average Bonchev–Trinajstić information content (AvgIpc) is 2.90. The maximum absolute atomic E-state index is 6.14. The Bertz CT molecular complexity index is 499. The highest BCUT2D eigenvalue weighted by atomic mass is 35.5. The lowest BCUT2D eigenvalue weighted by Gasteiger charge is -2.16. The number of benzene rings is 1. The van der Waals surface area contributed by atoms with Gasteiger partial charge >= 0.3 is 0 Å². The maximum atomic E-state index is 6.14. The van der Waals surface area contributed by atoms with Crippen LogP contribution in [0.3, 0.4) is 0 Å². The molecule has 1 aromatic carbocycles. The zero-order valence-corrected chi connectivity index (χ0v) is 10.4. The van der Waals surface area contributed by atoms with Crippen LogP contribution in [0.25, 0.3) is 0 Å². The number of hydrogen-bond donors (Lipinski definition) is 0. The Labute approximate surface area is 108 Å². The SMILES string of the molecule is Clc1cccc(Cl)c1C1=NOC2(CN=NC2)C1. The molecule has 0 bridgehead atoms. The molecule has 0 unspecified atom stereocenters. The zero-order valence-electron chi connectivity index (χ0n) is 8.86. The van der Waals surface area contributed by atoms with Crippen LogP contribution in [-0.4, -0.2) is 24.4 Å². The Balaban J connectivity index is 1.92. The molecule has 1 aromatic rings. The van der Waals surface area contributed by atoms with Gasteiger partial charge in [-0.1, -0.05) is 34.4 Å². The maximum Gasteiger partial charge on any atom is 0.185 e. The predicted octanol–water partition coefficient (Wildman–Crippen LogP) is 3.32. The fourth-order valence-electron chi connectivity index (χ4n) is 2.01. The van der Waals surface area contributed by atoms with Crippen LogP contribution >= 0.6 is 23.2 Å². The molecule has 3 rings (SSSR count). The van der Waals surface area contributed by atoms with Crippen LogP contribution in [0.15, 0.2) is 33.6 Å². The molecule has 0 aliphatic carbocycles. The summed E-state index contributed by atoms with van der Waals surface area (Å²) in [6, 6.07) is 5.39. The second kappa shape index (κ2) is 3.96. The number of hydrogen-bond acceptors (Lipinski definition) is 4. The van der Waals surface area contributed by atoms with Gasteiger partial charge in [0.2, 0.25) is 0 Å². The van der Waals surface area contributed by atoms with Gasteiger partial charge in [0.05, 0.1) is 15.8 Å². The fourth-order valence-corrected chi connectivity index (χ4v) is 2.62. The lowest BCUT2D eigenvalue weighted by Crippen LogP contribution is -2.33. The van der Waals surface area contributed by atoms with Gasteiger partial charge in [0.25, 0.3) is 0 Å². The second-order valence-corrected chi connectivity index (χ2v) is 5.00. The molecule has 17 heavy (non-hydrogen) atoms. The summed E-state index contributed by atoms with van der Waals surface area (Å²) in [5, 5.41) is 13.2. The molecule has 0 N–H and O–H groups in total. The van der Waals surface area contributed by atoms with E-state index in [2.05, 4.69) is 15.4 Å². The molecule has 0 amide bonds. The Kier molecular flexibility index (Phi) is 2.56. The van der Waals surface area contributed by atoms with E-state index in [1.54, 1.807) is 18.2 Å². The quantitative estimate of drug-likeness (QED) is 0.772. The Morgan fingerprint density at radius 1 is 1.12 bits per heavy atom. The summed E-state index contributed by atoms with van der Waals surface area (Å²) in [6.45, 7) is 1.09. The lowest BCUT2D eigenvalue weighted by molar-refractivity contribution is 0.00673. The molecule has 4 nitrogen and oxygen atoms in total. The van der Waals surface area contributed by atoms with Crippen LogP contribution in [-0.2, 0) is 4.84 Å². The van der Waals surface area contributed by atoms with Gasteiger partial charge in [-0.2, -0.15) is 10.2 Å². The number of nitrogens with zero attached hydrogens (tertiary/aromatic N) is 3. The largest absolute Gasteiger partial charge is 0.384 e. The molecule has 0 saturated carbocycles. The molecule has 0 fully saturated rings. The van der Waals surface area contributed by atoms with Crippen molar-refractivity contribution in [3.8, 4) is 0 Å². The molecule has 2 aliphatic heterocycles. The third-order valence-electron chi connectivity index (χ3n) is 2.91. The molecular weight excluding hydrogens is 261 g/mol. The topological polar surface area (TPSA) is 46.3 Å². The van der Waals surface area contributed by atoms with Gasteiger partial charge in [0.15, 0.2) is 5.60 Å². The van der Waals surface area contributed by atoms with Crippen LogP contribution in [0.1, 0.15) is 12.0 Å². The Morgan fingerprint density at radius 3 is 2.41 bits per heavy atom. The number of azo groups is 1. The molecule has 0 aromatic heterocycles.